The van der Waals surface area contributed by atoms with Crippen LogP contribution in [-0.4, -0.2) is 21.6 Å². The number of para-hydroxylation sites is 2. The molecule has 0 saturated heterocycles. The van der Waals surface area contributed by atoms with Crippen molar-refractivity contribution in [1.29, 1.82) is 0 Å². The predicted molar refractivity (Wildman–Crippen MR) is 126 cm³/mol. The Labute approximate surface area is 198 Å². The number of hydrogen-bond acceptors (Lipinski definition) is 3. The Kier molecular flexibility index (Phi) is 6.74. The highest BCUT2D eigenvalue weighted by Gasteiger charge is 2.35. The van der Waals surface area contributed by atoms with Crippen molar-refractivity contribution in [3.05, 3.63) is 54.1 Å². The molecule has 1 aromatic heterocycles. The molecule has 4 atom stereocenters. The molecule has 0 radical (unpaired) electrons. The molecule has 4 rings (SSSR count). The van der Waals surface area contributed by atoms with Crippen LogP contribution < -0.4 is 0 Å². The van der Waals surface area contributed by atoms with Crippen LogP contribution in [0.1, 0.15) is 58.6 Å². The first-order valence-electron chi connectivity index (χ1n) is 11.9. The number of fused-ring (bicyclic) bond motifs is 1. The van der Waals surface area contributed by atoms with Crippen molar-refractivity contribution in [1.82, 2.24) is 9.55 Å². The molecule has 1 aliphatic rings. The number of nitrogens with zero attached hydrogens (tertiary/aromatic N) is 2. The number of halogens is 3. The largest absolute Gasteiger partial charge is 0.461 e. The van der Waals surface area contributed by atoms with E-state index in [0.29, 0.717) is 34.7 Å². The first kappa shape index (κ1) is 24.3. The van der Waals surface area contributed by atoms with Gasteiger partial charge in [-0.3, -0.25) is 0 Å². The molecule has 3 unspecified atom stereocenters. The second-order valence-corrected chi connectivity index (χ2v) is 9.85. The van der Waals surface area contributed by atoms with Gasteiger partial charge in [0.2, 0.25) is 0 Å². The molecular formula is C27H31F3N2O2. The monoisotopic (exact) mass is 472 g/mol. The quantitative estimate of drug-likeness (QED) is 0.366. The fraction of sp³-hybridized carbons (Fsp3) is 0.481. The van der Waals surface area contributed by atoms with Gasteiger partial charge in [-0.2, -0.15) is 13.2 Å². The van der Waals surface area contributed by atoms with Gasteiger partial charge in [0.05, 0.1) is 16.6 Å². The normalized spacial score (nSPS) is 22.2. The molecule has 3 aromatic rings. The van der Waals surface area contributed by atoms with E-state index in [1.165, 1.54) is 12.1 Å². The summed E-state index contributed by atoms with van der Waals surface area (Å²) >= 11 is 0. The van der Waals surface area contributed by atoms with Gasteiger partial charge in [0.25, 0.3) is 0 Å². The van der Waals surface area contributed by atoms with Gasteiger partial charge < -0.3 is 9.30 Å². The number of carbonyl (C=O) groups is 1. The molecule has 1 heterocycles. The van der Waals surface area contributed by atoms with Crippen LogP contribution in [0.4, 0.5) is 13.2 Å². The first-order chi connectivity index (χ1) is 16.1. The van der Waals surface area contributed by atoms with E-state index in [1.807, 2.05) is 24.3 Å². The molecule has 0 N–H and O–H groups in total. The fourth-order valence-electron chi connectivity index (χ4n) is 5.05. The molecule has 7 heteroatoms. The number of carbonyl (C=O) groups excluding carboxylic acids is 1. The second-order valence-electron chi connectivity index (χ2n) is 9.85. The van der Waals surface area contributed by atoms with Crippen molar-refractivity contribution in [2.75, 3.05) is 0 Å². The highest BCUT2D eigenvalue weighted by atomic mass is 19.4. The highest BCUT2D eigenvalue weighted by Crippen LogP contribution is 2.37. The highest BCUT2D eigenvalue weighted by molar-refractivity contribution is 5.84. The van der Waals surface area contributed by atoms with Crippen molar-refractivity contribution >= 4 is 17.0 Å². The molecule has 2 aromatic carbocycles. The standard InChI is InChI=1S/C27H31F3N2O2/c1-16(2)21-14-9-17(3)15-24(21)34-26(33)18(4)32-23-8-6-5-7-22(23)31-25(32)19-10-12-20(13-11-19)27(28,29)30/h5-8,10-13,16-18,21,24H,9,14-15H2,1-4H3/t17?,18-,21?,24?/m1/s1. The molecule has 0 bridgehead atoms. The zero-order chi connectivity index (χ0) is 24.6. The molecule has 1 aliphatic carbocycles. The SMILES string of the molecule is CC1CCC(C(C)C)C(OC(=O)[C@@H](C)n2c(-c3ccc(C(F)(F)F)cc3)nc3ccccc32)C1. The minimum absolute atomic E-state index is 0.136. The summed E-state index contributed by atoms with van der Waals surface area (Å²) in [5, 5.41) is 0. The third-order valence-electron chi connectivity index (χ3n) is 7.02. The van der Waals surface area contributed by atoms with Crippen molar-refractivity contribution in [3.63, 3.8) is 0 Å². The Morgan fingerprint density at radius 3 is 2.38 bits per heavy atom. The Bertz CT molecular complexity index is 1150. The van der Waals surface area contributed by atoms with Gasteiger partial charge in [-0.15, -0.1) is 0 Å². The van der Waals surface area contributed by atoms with Crippen LogP contribution >= 0.6 is 0 Å². The van der Waals surface area contributed by atoms with Crippen molar-refractivity contribution in [2.24, 2.45) is 17.8 Å². The number of hydrogen-bond donors (Lipinski definition) is 0. The summed E-state index contributed by atoms with van der Waals surface area (Å²) in [4.78, 5) is 18.0. The van der Waals surface area contributed by atoms with E-state index in [1.54, 1.807) is 11.5 Å². The summed E-state index contributed by atoms with van der Waals surface area (Å²) in [6.45, 7) is 8.28. The number of benzene rings is 2. The molecular weight excluding hydrogens is 441 g/mol. The molecule has 0 spiro atoms. The smallest absolute Gasteiger partial charge is 0.416 e. The zero-order valence-electron chi connectivity index (χ0n) is 20.0. The third-order valence-corrected chi connectivity index (χ3v) is 7.02. The van der Waals surface area contributed by atoms with Gasteiger partial charge in [0, 0.05) is 5.56 Å². The lowest BCUT2D eigenvalue weighted by atomic mass is 9.75. The number of rotatable bonds is 5. The third kappa shape index (κ3) is 4.84. The molecule has 34 heavy (non-hydrogen) atoms. The number of ether oxygens (including phenoxy) is 1. The topological polar surface area (TPSA) is 44.1 Å². The van der Waals surface area contributed by atoms with Crippen LogP contribution in [0.15, 0.2) is 48.5 Å². The maximum atomic E-state index is 13.4. The van der Waals surface area contributed by atoms with E-state index >= 15 is 0 Å². The number of esters is 1. The van der Waals surface area contributed by atoms with Crippen LogP contribution in [0, 0.1) is 17.8 Å². The van der Waals surface area contributed by atoms with E-state index in [4.69, 9.17) is 4.74 Å². The van der Waals surface area contributed by atoms with Crippen molar-refractivity contribution in [2.45, 2.75) is 65.3 Å². The fourth-order valence-corrected chi connectivity index (χ4v) is 5.05. The summed E-state index contributed by atoms with van der Waals surface area (Å²) in [5.74, 6) is 1.33. The maximum absolute atomic E-state index is 13.4. The minimum Gasteiger partial charge on any atom is -0.461 e. The lowest BCUT2D eigenvalue weighted by molar-refractivity contribution is -0.159. The lowest BCUT2D eigenvalue weighted by Gasteiger charge is -2.37. The van der Waals surface area contributed by atoms with E-state index in [-0.39, 0.29) is 12.1 Å². The van der Waals surface area contributed by atoms with Crippen molar-refractivity contribution in [3.8, 4) is 11.4 Å². The lowest BCUT2D eigenvalue weighted by Crippen LogP contribution is -2.37. The molecule has 1 saturated carbocycles. The summed E-state index contributed by atoms with van der Waals surface area (Å²) in [6, 6.07) is 11.6. The summed E-state index contributed by atoms with van der Waals surface area (Å²) in [5.41, 5.74) is 1.19. The molecule has 0 amide bonds. The van der Waals surface area contributed by atoms with Crippen LogP contribution in [-0.2, 0) is 15.7 Å². The van der Waals surface area contributed by atoms with E-state index in [9.17, 15) is 18.0 Å². The van der Waals surface area contributed by atoms with Gasteiger partial charge in [0.1, 0.15) is 18.0 Å². The number of alkyl halides is 3. The average molecular weight is 473 g/mol. The maximum Gasteiger partial charge on any atom is 0.416 e. The van der Waals surface area contributed by atoms with Crippen LogP contribution in [0.25, 0.3) is 22.4 Å². The molecule has 0 aliphatic heterocycles. The Balaban J connectivity index is 1.68. The van der Waals surface area contributed by atoms with Crippen molar-refractivity contribution < 1.29 is 22.7 Å². The van der Waals surface area contributed by atoms with E-state index in [2.05, 4.69) is 25.8 Å². The number of imidazole rings is 1. The Morgan fingerprint density at radius 1 is 1.06 bits per heavy atom. The average Bonchev–Trinajstić information content (AvgIpc) is 3.17. The molecule has 4 nitrogen and oxygen atoms in total. The van der Waals surface area contributed by atoms with Crippen LogP contribution in [0.5, 0.6) is 0 Å². The summed E-state index contributed by atoms with van der Waals surface area (Å²) in [6.07, 6.45) is -1.53. The Hall–Kier alpha value is -2.83. The van der Waals surface area contributed by atoms with Crippen LogP contribution in [0.2, 0.25) is 0 Å². The van der Waals surface area contributed by atoms with Crippen LogP contribution in [0.3, 0.4) is 0 Å². The first-order valence-corrected chi connectivity index (χ1v) is 11.9. The number of aromatic nitrogens is 2. The summed E-state index contributed by atoms with van der Waals surface area (Å²) in [7, 11) is 0. The molecule has 182 valence electrons. The van der Waals surface area contributed by atoms with E-state index < -0.39 is 17.8 Å². The predicted octanol–water partition coefficient (Wildman–Crippen LogP) is 7.29. The van der Waals surface area contributed by atoms with Gasteiger partial charge in [-0.05, 0) is 61.8 Å². The van der Waals surface area contributed by atoms with Gasteiger partial charge in [-0.25, -0.2) is 9.78 Å². The zero-order valence-corrected chi connectivity index (χ0v) is 20.0. The minimum atomic E-state index is -4.42. The van der Waals surface area contributed by atoms with Gasteiger partial charge in [-0.1, -0.05) is 51.5 Å². The second kappa shape index (κ2) is 9.43. The summed E-state index contributed by atoms with van der Waals surface area (Å²) < 4.78 is 47.0. The van der Waals surface area contributed by atoms with E-state index in [0.717, 1.165) is 36.9 Å². The molecule has 1 fully saturated rings. The van der Waals surface area contributed by atoms with Gasteiger partial charge >= 0.3 is 12.1 Å². The Morgan fingerprint density at radius 2 is 1.74 bits per heavy atom. The van der Waals surface area contributed by atoms with Gasteiger partial charge in [0.15, 0.2) is 0 Å².